The van der Waals surface area contributed by atoms with Crippen molar-refractivity contribution in [3.8, 4) is 5.69 Å². The van der Waals surface area contributed by atoms with Crippen molar-refractivity contribution in [1.29, 1.82) is 5.41 Å². The first-order chi connectivity index (χ1) is 24.6. The number of benzene rings is 7. The van der Waals surface area contributed by atoms with Crippen LogP contribution < -0.4 is 5.73 Å². The Hall–Kier alpha value is -6.07. The van der Waals surface area contributed by atoms with Gasteiger partial charge in [0.2, 0.25) is 0 Å². The Bertz CT molecular complexity index is 2880. The van der Waals surface area contributed by atoms with Gasteiger partial charge in [-0.15, -0.1) is 11.3 Å². The second kappa shape index (κ2) is 11.2. The summed E-state index contributed by atoms with van der Waals surface area (Å²) in [6.07, 6.45) is 7.80. The molecule has 0 radical (unpaired) electrons. The molecule has 1 aliphatic rings. The van der Waals surface area contributed by atoms with E-state index in [1.165, 1.54) is 52.5 Å². The predicted molar refractivity (Wildman–Crippen MR) is 215 cm³/mol. The summed E-state index contributed by atoms with van der Waals surface area (Å²) in [5.41, 5.74) is 15.0. The molecule has 1 atom stereocenters. The highest BCUT2D eigenvalue weighted by atomic mass is 32.1. The second-order valence-corrected chi connectivity index (χ2v) is 14.1. The zero-order valence-corrected chi connectivity index (χ0v) is 27.9. The molecule has 50 heavy (non-hydrogen) atoms. The molecule has 4 heteroatoms. The lowest BCUT2D eigenvalue weighted by Crippen LogP contribution is -2.17. The van der Waals surface area contributed by atoms with Gasteiger partial charge >= 0.3 is 0 Å². The smallest absolute Gasteiger partial charge is 0.0615 e. The fourth-order valence-electron chi connectivity index (χ4n) is 7.96. The first-order valence-corrected chi connectivity index (χ1v) is 17.7. The topological polar surface area (TPSA) is 54.8 Å². The molecule has 236 valence electrons. The van der Waals surface area contributed by atoms with E-state index in [-0.39, 0.29) is 0 Å². The zero-order valence-electron chi connectivity index (χ0n) is 27.1. The van der Waals surface area contributed by atoms with Crippen LogP contribution in [0.2, 0.25) is 0 Å². The van der Waals surface area contributed by atoms with Gasteiger partial charge < -0.3 is 15.7 Å². The number of hydrogen-bond donors (Lipinski definition) is 2. The molecule has 0 aliphatic heterocycles. The summed E-state index contributed by atoms with van der Waals surface area (Å²) < 4.78 is 4.88. The van der Waals surface area contributed by atoms with Crippen molar-refractivity contribution in [3.05, 3.63) is 181 Å². The van der Waals surface area contributed by atoms with Crippen LogP contribution in [0.3, 0.4) is 0 Å². The number of aromatic nitrogens is 1. The van der Waals surface area contributed by atoms with E-state index in [9.17, 15) is 0 Å². The van der Waals surface area contributed by atoms with Gasteiger partial charge in [0.1, 0.15) is 0 Å². The molecule has 3 N–H and O–H groups in total. The Morgan fingerprint density at radius 1 is 0.580 bits per heavy atom. The third-order valence-corrected chi connectivity index (χ3v) is 11.4. The number of allylic oxidation sites excluding steroid dienone is 5. The van der Waals surface area contributed by atoms with Crippen molar-refractivity contribution in [2.75, 3.05) is 0 Å². The number of nitrogens with zero attached hydrogens (tertiary/aromatic N) is 1. The van der Waals surface area contributed by atoms with Crippen LogP contribution in [0.5, 0.6) is 0 Å². The van der Waals surface area contributed by atoms with Crippen molar-refractivity contribution in [2.24, 2.45) is 5.73 Å². The van der Waals surface area contributed by atoms with Gasteiger partial charge in [0.25, 0.3) is 0 Å². The summed E-state index contributed by atoms with van der Waals surface area (Å²) >= 11 is 1.80. The highest BCUT2D eigenvalue weighted by molar-refractivity contribution is 7.25. The first kappa shape index (κ1) is 28.9. The molecule has 2 heterocycles. The minimum Gasteiger partial charge on any atom is -0.320 e. The van der Waals surface area contributed by atoms with E-state index in [2.05, 4.69) is 144 Å². The molecular weight excluding hydrogens is 627 g/mol. The van der Waals surface area contributed by atoms with Crippen LogP contribution >= 0.6 is 11.3 Å². The van der Waals surface area contributed by atoms with Gasteiger partial charge in [0.15, 0.2) is 0 Å². The van der Waals surface area contributed by atoms with Gasteiger partial charge in [-0.1, -0.05) is 121 Å². The molecular formula is C46H31N3S. The van der Waals surface area contributed by atoms with Gasteiger partial charge in [-0.2, -0.15) is 0 Å². The summed E-state index contributed by atoms with van der Waals surface area (Å²) in [4.78, 5) is 0. The Kier molecular flexibility index (Phi) is 6.50. The Morgan fingerprint density at radius 2 is 1.22 bits per heavy atom. The highest BCUT2D eigenvalue weighted by Crippen LogP contribution is 2.42. The largest absolute Gasteiger partial charge is 0.320 e. The van der Waals surface area contributed by atoms with Crippen LogP contribution in [0.1, 0.15) is 17.2 Å². The maximum atomic E-state index is 8.95. The van der Waals surface area contributed by atoms with Crippen LogP contribution in [0.15, 0.2) is 169 Å². The van der Waals surface area contributed by atoms with Crippen LogP contribution in [0.4, 0.5) is 0 Å². The molecule has 2 aromatic heterocycles. The molecule has 0 amide bonds. The molecule has 0 saturated heterocycles. The van der Waals surface area contributed by atoms with Crippen molar-refractivity contribution in [1.82, 2.24) is 4.57 Å². The zero-order chi connectivity index (χ0) is 33.3. The average molecular weight is 658 g/mol. The van der Waals surface area contributed by atoms with E-state index in [1.807, 2.05) is 24.3 Å². The molecule has 0 saturated carbocycles. The lowest BCUT2D eigenvalue weighted by atomic mass is 9.86. The fourth-order valence-corrected chi connectivity index (χ4v) is 9.11. The molecule has 10 rings (SSSR count). The number of nitrogens with two attached hydrogens (primary N) is 1. The molecule has 1 aliphatic carbocycles. The number of fused-ring (bicyclic) bond motifs is 10. The van der Waals surface area contributed by atoms with E-state index in [0.717, 1.165) is 39.0 Å². The van der Waals surface area contributed by atoms with Crippen molar-refractivity contribution in [3.63, 3.8) is 0 Å². The lowest BCUT2D eigenvalue weighted by molar-refractivity contribution is 0.926. The summed E-state index contributed by atoms with van der Waals surface area (Å²) in [5, 5.41) is 18.9. The molecule has 0 unspecified atom stereocenters. The van der Waals surface area contributed by atoms with E-state index in [0.29, 0.717) is 5.71 Å². The van der Waals surface area contributed by atoms with Crippen LogP contribution in [0, 0.1) is 5.41 Å². The van der Waals surface area contributed by atoms with E-state index < -0.39 is 6.04 Å². The normalized spacial score (nSPS) is 14.9. The van der Waals surface area contributed by atoms with Crippen LogP contribution in [0.25, 0.3) is 74.8 Å². The minimum absolute atomic E-state index is 0.465. The Labute approximate surface area is 293 Å². The number of hydrogen-bond acceptors (Lipinski definition) is 3. The van der Waals surface area contributed by atoms with Gasteiger partial charge in [0.05, 0.1) is 22.8 Å². The lowest BCUT2D eigenvalue weighted by Gasteiger charge is -2.22. The van der Waals surface area contributed by atoms with Gasteiger partial charge in [-0.3, -0.25) is 0 Å². The third-order valence-electron chi connectivity index (χ3n) is 10.3. The van der Waals surface area contributed by atoms with Gasteiger partial charge in [-0.05, 0) is 80.7 Å². The average Bonchev–Trinajstić information content (AvgIpc) is 3.71. The number of thiophene rings is 1. The Morgan fingerprint density at radius 3 is 1.94 bits per heavy atom. The maximum absolute atomic E-state index is 8.95. The highest BCUT2D eigenvalue weighted by Gasteiger charge is 2.23. The number of rotatable bonds is 4. The van der Waals surface area contributed by atoms with E-state index in [1.54, 1.807) is 11.3 Å². The molecule has 3 nitrogen and oxygen atoms in total. The monoisotopic (exact) mass is 657 g/mol. The molecule has 7 aromatic carbocycles. The van der Waals surface area contributed by atoms with E-state index >= 15 is 0 Å². The molecule has 9 aromatic rings. The summed E-state index contributed by atoms with van der Waals surface area (Å²) in [6.45, 7) is 0. The van der Waals surface area contributed by atoms with Crippen molar-refractivity contribution < 1.29 is 0 Å². The summed E-state index contributed by atoms with van der Waals surface area (Å²) in [6, 6.07) is 49.7. The van der Waals surface area contributed by atoms with E-state index in [4.69, 9.17) is 11.1 Å². The molecule has 0 bridgehead atoms. The minimum atomic E-state index is -0.469. The third kappa shape index (κ3) is 4.36. The quantitative estimate of drug-likeness (QED) is 0.194. The predicted octanol–water partition coefficient (Wildman–Crippen LogP) is 12.1. The standard InChI is InChI=1S/C46H31N3S/c47-38-18-7-5-17-37(38)43(30-20-23-36-35-16-6-8-19-41(35)50-42(36)27-30)46(48)31-12-9-13-32(26-31)49-39-24-21-28-10-1-3-14-33(28)44(39)45-34-15-4-2-11-29(34)22-25-40(45)49/h1-27,46-47H,48H2/b43-37-,47-38?/t46-/m1/s1. The number of nitrogens with one attached hydrogen (secondary N) is 1. The van der Waals surface area contributed by atoms with Crippen molar-refractivity contribution in [2.45, 2.75) is 6.04 Å². The maximum Gasteiger partial charge on any atom is 0.0615 e. The molecule has 0 spiro atoms. The summed E-state index contributed by atoms with van der Waals surface area (Å²) in [7, 11) is 0. The molecule has 0 fully saturated rings. The fraction of sp³-hybridized carbons (Fsp3) is 0.0217. The van der Waals surface area contributed by atoms with Gasteiger partial charge in [0, 0.05) is 42.2 Å². The van der Waals surface area contributed by atoms with Crippen LogP contribution in [-0.4, -0.2) is 10.3 Å². The SMILES string of the molecule is N=C1C=CC=C/C1=C(\c1ccc2c(c1)sc1ccccc12)[C@H](N)c1cccc(-n2c3ccc4ccccc4c3c3c4ccccc4ccc32)c1. The Balaban J connectivity index is 1.19. The van der Waals surface area contributed by atoms with Crippen LogP contribution in [-0.2, 0) is 0 Å². The van der Waals surface area contributed by atoms with Gasteiger partial charge in [-0.25, -0.2) is 0 Å². The second-order valence-electron chi connectivity index (χ2n) is 13.0. The first-order valence-electron chi connectivity index (χ1n) is 16.9. The summed E-state index contributed by atoms with van der Waals surface area (Å²) in [5.74, 6) is 0. The van der Waals surface area contributed by atoms with Crippen molar-refractivity contribution >= 4 is 86.1 Å².